The summed E-state index contributed by atoms with van der Waals surface area (Å²) >= 11 is 6.00. The summed E-state index contributed by atoms with van der Waals surface area (Å²) in [5, 5.41) is 4.97. The molecule has 0 aliphatic carbocycles. The Labute approximate surface area is 89.2 Å². The van der Waals surface area contributed by atoms with Crippen LogP contribution in [0, 0.1) is 0 Å². The second kappa shape index (κ2) is 4.67. The zero-order valence-corrected chi connectivity index (χ0v) is 8.70. The van der Waals surface area contributed by atoms with E-state index in [-0.39, 0.29) is 6.10 Å². The van der Waals surface area contributed by atoms with Crippen molar-refractivity contribution in [2.75, 3.05) is 13.1 Å². The van der Waals surface area contributed by atoms with Gasteiger partial charge in [-0.3, -0.25) is 0 Å². The van der Waals surface area contributed by atoms with Gasteiger partial charge < -0.3 is 4.74 Å². The number of ether oxygens (including phenoxy) is 1. The first-order chi connectivity index (χ1) is 6.86. The number of para-hydroxylation sites is 1. The lowest BCUT2D eigenvalue weighted by molar-refractivity contribution is 0.161. The van der Waals surface area contributed by atoms with Gasteiger partial charge in [-0.15, -0.1) is 0 Å². The summed E-state index contributed by atoms with van der Waals surface area (Å²) in [5.41, 5.74) is 0. The number of hydrogen-bond acceptors (Lipinski definition) is 1. The summed E-state index contributed by atoms with van der Waals surface area (Å²) in [6.45, 7) is 1.82. The Bertz CT molecular complexity index is 297. The van der Waals surface area contributed by atoms with Gasteiger partial charge in [0.25, 0.3) is 0 Å². The molecule has 2 rings (SSSR count). The maximum absolute atomic E-state index is 6.00. The van der Waals surface area contributed by atoms with Crippen molar-refractivity contribution in [3.63, 3.8) is 0 Å². The van der Waals surface area contributed by atoms with E-state index in [4.69, 9.17) is 16.3 Å². The third-order valence-corrected chi connectivity index (χ3v) is 2.66. The van der Waals surface area contributed by atoms with Crippen LogP contribution in [0.2, 0.25) is 5.02 Å². The van der Waals surface area contributed by atoms with Crippen molar-refractivity contribution < 1.29 is 4.74 Å². The summed E-state index contributed by atoms with van der Waals surface area (Å²) in [5.74, 6) is 0.793. The summed E-state index contributed by atoms with van der Waals surface area (Å²) in [4.78, 5) is 0. The van der Waals surface area contributed by atoms with Gasteiger partial charge in [0.1, 0.15) is 11.9 Å². The quantitative estimate of drug-likeness (QED) is 0.736. The minimum atomic E-state index is 0.285. The van der Waals surface area contributed by atoms with Crippen LogP contribution in [0.25, 0.3) is 0 Å². The normalized spacial score (nSPS) is 18.1. The van der Waals surface area contributed by atoms with Gasteiger partial charge in [-0.1, -0.05) is 23.7 Å². The summed E-state index contributed by atoms with van der Waals surface area (Å²) in [7, 11) is 0. The number of rotatable bonds is 2. The molecule has 2 nitrogen and oxygen atoms in total. The molecule has 1 aromatic carbocycles. The smallest absolute Gasteiger partial charge is 0.138 e. The molecule has 0 N–H and O–H groups in total. The predicted molar refractivity (Wildman–Crippen MR) is 57.0 cm³/mol. The van der Waals surface area contributed by atoms with Crippen LogP contribution in [0.15, 0.2) is 24.3 Å². The van der Waals surface area contributed by atoms with Crippen LogP contribution in [0.3, 0.4) is 0 Å². The van der Waals surface area contributed by atoms with Gasteiger partial charge in [-0.2, -0.15) is 0 Å². The number of piperidine rings is 1. The minimum Gasteiger partial charge on any atom is -0.489 e. The molecule has 75 valence electrons. The average molecular weight is 211 g/mol. The molecule has 0 amide bonds. The van der Waals surface area contributed by atoms with E-state index in [0.717, 1.165) is 31.7 Å². The van der Waals surface area contributed by atoms with Crippen molar-refractivity contribution in [3.05, 3.63) is 29.3 Å². The molecule has 0 atom stereocenters. The molecular weight excluding hydrogens is 198 g/mol. The van der Waals surface area contributed by atoms with Gasteiger partial charge >= 0.3 is 0 Å². The van der Waals surface area contributed by atoms with Crippen LogP contribution >= 0.6 is 11.6 Å². The molecule has 0 aromatic heterocycles. The first kappa shape index (κ1) is 9.81. The molecule has 1 aliphatic rings. The lowest BCUT2D eigenvalue weighted by Gasteiger charge is -2.23. The Kier molecular flexibility index (Phi) is 3.27. The van der Waals surface area contributed by atoms with E-state index in [0.29, 0.717) is 5.02 Å². The largest absolute Gasteiger partial charge is 0.489 e. The van der Waals surface area contributed by atoms with E-state index in [1.54, 1.807) is 0 Å². The molecule has 1 fully saturated rings. The Morgan fingerprint density at radius 3 is 2.64 bits per heavy atom. The van der Waals surface area contributed by atoms with Gasteiger partial charge in [0, 0.05) is 13.1 Å². The molecule has 1 aromatic rings. The predicted octanol–water partition coefficient (Wildman–Crippen LogP) is 2.49. The zero-order valence-electron chi connectivity index (χ0n) is 7.95. The van der Waals surface area contributed by atoms with Crippen LogP contribution in [0.5, 0.6) is 5.75 Å². The Hall–Kier alpha value is -0.730. The fourth-order valence-corrected chi connectivity index (χ4v) is 1.74. The van der Waals surface area contributed by atoms with Crippen LogP contribution in [-0.2, 0) is 0 Å². The SMILES string of the molecule is Clc1ccccc1OC1CC[N]CC1. The van der Waals surface area contributed by atoms with Crippen molar-refractivity contribution in [1.82, 2.24) is 5.32 Å². The average Bonchev–Trinajstić information content (AvgIpc) is 2.23. The van der Waals surface area contributed by atoms with Crippen molar-refractivity contribution in [2.24, 2.45) is 0 Å². The second-order valence-corrected chi connectivity index (χ2v) is 3.83. The number of benzene rings is 1. The van der Waals surface area contributed by atoms with Gasteiger partial charge in [0.2, 0.25) is 0 Å². The summed E-state index contributed by atoms with van der Waals surface area (Å²) < 4.78 is 5.79. The molecule has 1 radical (unpaired) electrons. The van der Waals surface area contributed by atoms with Crippen molar-refractivity contribution in [2.45, 2.75) is 18.9 Å². The highest BCUT2D eigenvalue weighted by molar-refractivity contribution is 6.32. The maximum atomic E-state index is 6.00. The fourth-order valence-electron chi connectivity index (χ4n) is 1.56. The minimum absolute atomic E-state index is 0.285. The van der Waals surface area contributed by atoms with E-state index in [1.165, 1.54) is 0 Å². The molecule has 0 spiro atoms. The van der Waals surface area contributed by atoms with E-state index < -0.39 is 0 Å². The lowest BCUT2D eigenvalue weighted by atomic mass is 10.1. The molecule has 14 heavy (non-hydrogen) atoms. The van der Waals surface area contributed by atoms with Gasteiger partial charge in [0.15, 0.2) is 0 Å². The van der Waals surface area contributed by atoms with Crippen molar-refractivity contribution in [1.29, 1.82) is 0 Å². The highest BCUT2D eigenvalue weighted by Crippen LogP contribution is 2.25. The molecule has 1 saturated heterocycles. The molecule has 1 aliphatic heterocycles. The third kappa shape index (κ3) is 2.40. The topological polar surface area (TPSA) is 23.3 Å². The van der Waals surface area contributed by atoms with E-state index in [9.17, 15) is 0 Å². The third-order valence-electron chi connectivity index (χ3n) is 2.35. The van der Waals surface area contributed by atoms with Crippen LogP contribution < -0.4 is 10.1 Å². The second-order valence-electron chi connectivity index (χ2n) is 3.42. The Morgan fingerprint density at radius 1 is 1.21 bits per heavy atom. The number of hydrogen-bond donors (Lipinski definition) is 0. The molecule has 3 heteroatoms. The fraction of sp³-hybridized carbons (Fsp3) is 0.455. The highest BCUT2D eigenvalue weighted by atomic mass is 35.5. The van der Waals surface area contributed by atoms with Gasteiger partial charge in [0.05, 0.1) is 5.02 Å². The van der Waals surface area contributed by atoms with E-state index >= 15 is 0 Å². The lowest BCUT2D eigenvalue weighted by Crippen LogP contribution is -2.30. The molecule has 1 heterocycles. The zero-order chi connectivity index (χ0) is 9.80. The summed E-state index contributed by atoms with van der Waals surface area (Å²) in [6, 6.07) is 7.61. The van der Waals surface area contributed by atoms with Gasteiger partial charge in [-0.25, -0.2) is 5.32 Å². The first-order valence-corrected chi connectivity index (χ1v) is 5.28. The van der Waals surface area contributed by atoms with Crippen LogP contribution in [-0.4, -0.2) is 19.2 Å². The van der Waals surface area contributed by atoms with Crippen LogP contribution in [0.1, 0.15) is 12.8 Å². The number of nitrogens with zero attached hydrogens (tertiary/aromatic N) is 1. The molecule has 0 unspecified atom stereocenters. The molecule has 0 saturated carbocycles. The molecule has 0 bridgehead atoms. The summed E-state index contributed by atoms with van der Waals surface area (Å²) in [6.07, 6.45) is 2.29. The highest BCUT2D eigenvalue weighted by Gasteiger charge is 2.15. The Balaban J connectivity index is 1.99. The van der Waals surface area contributed by atoms with Crippen LogP contribution in [0.4, 0.5) is 0 Å². The number of halogens is 1. The standard InChI is InChI=1S/C11H13ClNO/c12-10-3-1-2-4-11(10)14-9-5-7-13-8-6-9/h1-4,9H,5-8H2. The van der Waals surface area contributed by atoms with Crippen molar-refractivity contribution >= 4 is 11.6 Å². The molecular formula is C11H13ClNO. The van der Waals surface area contributed by atoms with E-state index in [1.807, 2.05) is 24.3 Å². The monoisotopic (exact) mass is 210 g/mol. The van der Waals surface area contributed by atoms with Gasteiger partial charge in [-0.05, 0) is 25.0 Å². The first-order valence-electron chi connectivity index (χ1n) is 4.91. The maximum Gasteiger partial charge on any atom is 0.138 e. The van der Waals surface area contributed by atoms with E-state index in [2.05, 4.69) is 5.32 Å². The Morgan fingerprint density at radius 2 is 1.93 bits per heavy atom. The van der Waals surface area contributed by atoms with Crippen molar-refractivity contribution in [3.8, 4) is 5.75 Å².